The summed E-state index contributed by atoms with van der Waals surface area (Å²) in [7, 11) is -3.62. The number of benzene rings is 2. The van der Waals surface area contributed by atoms with Crippen LogP contribution >= 0.6 is 11.6 Å². The summed E-state index contributed by atoms with van der Waals surface area (Å²) >= 11 is 6.05. The number of rotatable bonds is 6. The molecule has 0 spiro atoms. The zero-order valence-electron chi connectivity index (χ0n) is 16.7. The molecular weight excluding hydrogens is 424 g/mol. The predicted octanol–water partition coefficient (Wildman–Crippen LogP) is 3.75. The summed E-state index contributed by atoms with van der Waals surface area (Å²) in [4.78, 5) is 26.6. The van der Waals surface area contributed by atoms with E-state index in [1.165, 1.54) is 6.07 Å². The number of anilines is 2. The molecule has 6 nitrogen and oxygen atoms in total. The van der Waals surface area contributed by atoms with Gasteiger partial charge in [-0.1, -0.05) is 17.7 Å². The number of carbonyl (C=O) groups is 2. The van der Waals surface area contributed by atoms with Gasteiger partial charge in [0.05, 0.1) is 10.6 Å². The highest BCUT2D eigenvalue weighted by Crippen LogP contribution is 2.37. The van der Waals surface area contributed by atoms with Gasteiger partial charge in [-0.25, -0.2) is 8.42 Å². The fourth-order valence-corrected chi connectivity index (χ4v) is 5.11. The van der Waals surface area contributed by atoms with Crippen molar-refractivity contribution in [3.8, 4) is 0 Å². The molecule has 2 amide bonds. The average Bonchev–Trinajstić information content (AvgIpc) is 3.48. The fraction of sp³-hybridized carbons (Fsp3) is 0.364. The predicted molar refractivity (Wildman–Crippen MR) is 117 cm³/mol. The molecule has 0 atom stereocenters. The topological polar surface area (TPSA) is 83.6 Å². The van der Waals surface area contributed by atoms with E-state index in [0.29, 0.717) is 23.7 Å². The van der Waals surface area contributed by atoms with E-state index in [9.17, 15) is 18.0 Å². The van der Waals surface area contributed by atoms with Crippen molar-refractivity contribution in [2.75, 3.05) is 22.5 Å². The minimum Gasteiger partial charge on any atom is -0.326 e. The number of carbonyl (C=O) groups excluding carboxylic acids is 2. The summed E-state index contributed by atoms with van der Waals surface area (Å²) in [6, 6.07) is 10.1. The molecule has 2 aromatic rings. The van der Waals surface area contributed by atoms with E-state index in [-0.39, 0.29) is 34.8 Å². The minimum atomic E-state index is -3.62. The van der Waals surface area contributed by atoms with Gasteiger partial charge in [-0.2, -0.15) is 0 Å². The Labute approximate surface area is 181 Å². The number of nitrogens with one attached hydrogen (secondary N) is 1. The van der Waals surface area contributed by atoms with Gasteiger partial charge >= 0.3 is 0 Å². The van der Waals surface area contributed by atoms with Crippen molar-refractivity contribution < 1.29 is 18.0 Å². The molecule has 1 fully saturated rings. The molecule has 1 saturated carbocycles. The third-order valence-corrected chi connectivity index (χ3v) is 7.76. The molecule has 0 aromatic heterocycles. The first-order chi connectivity index (χ1) is 14.3. The van der Waals surface area contributed by atoms with Crippen molar-refractivity contribution in [2.24, 2.45) is 5.92 Å². The van der Waals surface area contributed by atoms with Gasteiger partial charge in [0.25, 0.3) is 0 Å². The Morgan fingerprint density at radius 2 is 1.97 bits per heavy atom. The van der Waals surface area contributed by atoms with Gasteiger partial charge < -0.3 is 10.2 Å². The molecule has 0 unspecified atom stereocenters. The van der Waals surface area contributed by atoms with Crippen molar-refractivity contribution in [1.82, 2.24) is 0 Å². The van der Waals surface area contributed by atoms with E-state index < -0.39 is 9.84 Å². The monoisotopic (exact) mass is 446 g/mol. The highest BCUT2D eigenvalue weighted by Gasteiger charge is 2.36. The van der Waals surface area contributed by atoms with E-state index in [1.54, 1.807) is 42.2 Å². The van der Waals surface area contributed by atoms with E-state index >= 15 is 0 Å². The van der Waals surface area contributed by atoms with Gasteiger partial charge in [0, 0.05) is 35.3 Å². The second-order valence-corrected chi connectivity index (χ2v) is 10.4. The summed E-state index contributed by atoms with van der Waals surface area (Å²) in [6.07, 6.45) is 2.37. The van der Waals surface area contributed by atoms with E-state index in [1.807, 2.05) is 0 Å². The van der Waals surface area contributed by atoms with Gasteiger partial charge in [-0.05, 0) is 67.6 Å². The lowest BCUT2D eigenvalue weighted by molar-refractivity contribution is -0.119. The zero-order chi connectivity index (χ0) is 21.5. The van der Waals surface area contributed by atoms with Crippen LogP contribution in [0.25, 0.3) is 0 Å². The lowest BCUT2D eigenvalue weighted by Gasteiger charge is -2.17. The molecule has 0 saturated heterocycles. The lowest BCUT2D eigenvalue weighted by Crippen LogP contribution is -2.30. The molecular formula is C22H23ClN2O4S. The molecule has 30 heavy (non-hydrogen) atoms. The number of nitrogens with zero attached hydrogens (tertiary/aromatic N) is 1. The Bertz CT molecular complexity index is 1130. The maximum absolute atomic E-state index is 12.8. The summed E-state index contributed by atoms with van der Waals surface area (Å²) < 4.78 is 25.5. The Morgan fingerprint density at radius 1 is 1.20 bits per heavy atom. The highest BCUT2D eigenvalue weighted by molar-refractivity contribution is 7.91. The SMILES string of the molecule is Cc1c(Cl)cccc1NC(=O)CCS(=O)(=O)c1ccc2c(c1)CCN2C(=O)C1CC1. The van der Waals surface area contributed by atoms with Crippen LogP contribution in [-0.2, 0) is 25.8 Å². The molecule has 8 heteroatoms. The smallest absolute Gasteiger partial charge is 0.230 e. The van der Waals surface area contributed by atoms with Crippen LogP contribution in [0.3, 0.4) is 0 Å². The van der Waals surface area contributed by atoms with Crippen LogP contribution in [0.2, 0.25) is 5.02 Å². The molecule has 1 aliphatic heterocycles. The number of fused-ring (bicyclic) bond motifs is 1. The van der Waals surface area contributed by atoms with Crippen LogP contribution < -0.4 is 10.2 Å². The average molecular weight is 447 g/mol. The van der Waals surface area contributed by atoms with E-state index in [2.05, 4.69) is 5.32 Å². The first-order valence-electron chi connectivity index (χ1n) is 9.98. The number of amides is 2. The summed E-state index contributed by atoms with van der Waals surface area (Å²) in [5.41, 5.74) is 2.98. The van der Waals surface area contributed by atoms with Gasteiger partial charge in [-0.3, -0.25) is 9.59 Å². The Morgan fingerprint density at radius 3 is 2.70 bits per heavy atom. The zero-order valence-corrected chi connectivity index (χ0v) is 18.2. The lowest BCUT2D eigenvalue weighted by atomic mass is 10.2. The maximum Gasteiger partial charge on any atom is 0.230 e. The molecule has 0 bridgehead atoms. The van der Waals surface area contributed by atoms with Crippen molar-refractivity contribution in [1.29, 1.82) is 0 Å². The molecule has 1 aliphatic carbocycles. The summed E-state index contributed by atoms with van der Waals surface area (Å²) in [6.45, 7) is 2.38. The Kier molecular flexibility index (Phi) is 5.59. The standard InChI is InChI=1S/C22H23ClN2O4S/c1-14-18(23)3-2-4-19(14)24-21(26)10-12-30(28,29)17-7-8-20-16(13-17)9-11-25(20)22(27)15-5-6-15/h2-4,7-8,13,15H,5-6,9-12H2,1H3,(H,24,26). The van der Waals surface area contributed by atoms with Crippen molar-refractivity contribution in [3.63, 3.8) is 0 Å². The molecule has 0 radical (unpaired) electrons. The Balaban J connectivity index is 1.42. The summed E-state index contributed by atoms with van der Waals surface area (Å²) in [5, 5.41) is 3.25. The van der Waals surface area contributed by atoms with Crippen LogP contribution in [0.5, 0.6) is 0 Å². The molecule has 2 aliphatic rings. The fourth-order valence-electron chi connectivity index (χ4n) is 3.65. The van der Waals surface area contributed by atoms with Gasteiger partial charge in [-0.15, -0.1) is 0 Å². The molecule has 2 aromatic carbocycles. The van der Waals surface area contributed by atoms with Gasteiger partial charge in [0.1, 0.15) is 0 Å². The first-order valence-corrected chi connectivity index (χ1v) is 12.0. The highest BCUT2D eigenvalue weighted by atomic mass is 35.5. The summed E-state index contributed by atoms with van der Waals surface area (Å²) in [5.74, 6) is -0.410. The number of halogens is 1. The van der Waals surface area contributed by atoms with Gasteiger partial charge in [0.2, 0.25) is 11.8 Å². The third-order valence-electron chi connectivity index (χ3n) is 5.64. The van der Waals surface area contributed by atoms with Crippen LogP contribution in [0.15, 0.2) is 41.3 Å². The van der Waals surface area contributed by atoms with Crippen molar-refractivity contribution >= 4 is 44.6 Å². The van der Waals surface area contributed by atoms with Crippen LogP contribution in [0, 0.1) is 12.8 Å². The normalized spacial score (nSPS) is 15.7. The first kappa shape index (κ1) is 20.9. The van der Waals surface area contributed by atoms with Crippen molar-refractivity contribution in [3.05, 3.63) is 52.5 Å². The largest absolute Gasteiger partial charge is 0.326 e. The third kappa shape index (κ3) is 4.23. The quantitative estimate of drug-likeness (QED) is 0.732. The van der Waals surface area contributed by atoms with Gasteiger partial charge in [0.15, 0.2) is 9.84 Å². The molecule has 1 N–H and O–H groups in total. The number of sulfone groups is 1. The maximum atomic E-state index is 12.8. The second-order valence-electron chi connectivity index (χ2n) is 7.83. The molecule has 158 valence electrons. The number of hydrogen-bond acceptors (Lipinski definition) is 4. The Hall–Kier alpha value is -2.38. The minimum absolute atomic E-state index is 0.126. The van der Waals surface area contributed by atoms with E-state index in [4.69, 9.17) is 11.6 Å². The molecule has 1 heterocycles. The number of hydrogen-bond donors (Lipinski definition) is 1. The second kappa shape index (κ2) is 8.04. The van der Waals surface area contributed by atoms with Crippen molar-refractivity contribution in [2.45, 2.75) is 37.5 Å². The van der Waals surface area contributed by atoms with E-state index in [0.717, 1.165) is 29.7 Å². The van der Waals surface area contributed by atoms with Crippen LogP contribution in [0.4, 0.5) is 11.4 Å². The van der Waals surface area contributed by atoms with Crippen LogP contribution in [0.1, 0.15) is 30.4 Å². The molecule has 4 rings (SSSR count). The van der Waals surface area contributed by atoms with Crippen LogP contribution in [-0.4, -0.2) is 32.5 Å².